The molecule has 0 spiro atoms. The van der Waals surface area contributed by atoms with Gasteiger partial charge in [0.25, 0.3) is 0 Å². The summed E-state index contributed by atoms with van der Waals surface area (Å²) >= 11 is 0. The Morgan fingerprint density at radius 1 is 1.11 bits per heavy atom. The fraction of sp³-hybridized carbons (Fsp3) is 0. The van der Waals surface area contributed by atoms with Gasteiger partial charge in [0.1, 0.15) is 0 Å². The SMILES string of the molecule is Nc1cc(C(=O)O)c2ccccc2c1.O=S(=O)(O)O. The molecule has 0 radical (unpaired) electrons. The minimum Gasteiger partial charge on any atom is -0.478 e. The molecule has 0 aromatic heterocycles. The van der Waals surface area contributed by atoms with Gasteiger partial charge in [0, 0.05) is 5.69 Å². The van der Waals surface area contributed by atoms with E-state index in [0.29, 0.717) is 11.1 Å². The van der Waals surface area contributed by atoms with E-state index in [1.807, 2.05) is 18.2 Å². The smallest absolute Gasteiger partial charge is 0.394 e. The van der Waals surface area contributed by atoms with E-state index in [1.165, 1.54) is 6.07 Å². The highest BCUT2D eigenvalue weighted by Crippen LogP contribution is 2.22. The van der Waals surface area contributed by atoms with Crippen LogP contribution in [-0.4, -0.2) is 28.6 Å². The first-order valence-electron chi connectivity index (χ1n) is 4.90. The van der Waals surface area contributed by atoms with Crippen molar-refractivity contribution in [3.05, 3.63) is 42.0 Å². The Balaban J connectivity index is 0.000000312. The zero-order valence-corrected chi connectivity index (χ0v) is 10.3. The zero-order chi connectivity index (χ0) is 14.6. The van der Waals surface area contributed by atoms with E-state index < -0.39 is 16.4 Å². The molecule has 0 amide bonds. The molecule has 102 valence electrons. The first kappa shape index (κ1) is 14.9. The molecule has 5 N–H and O–H groups in total. The van der Waals surface area contributed by atoms with E-state index in [9.17, 15) is 4.79 Å². The molecule has 0 aliphatic rings. The van der Waals surface area contributed by atoms with Gasteiger partial charge in [0.05, 0.1) is 5.56 Å². The van der Waals surface area contributed by atoms with E-state index in [1.54, 1.807) is 12.1 Å². The van der Waals surface area contributed by atoms with Crippen LogP contribution in [0.15, 0.2) is 36.4 Å². The maximum absolute atomic E-state index is 10.9. The minimum absolute atomic E-state index is 0.251. The fourth-order valence-electron chi connectivity index (χ4n) is 1.51. The second-order valence-electron chi connectivity index (χ2n) is 3.54. The number of rotatable bonds is 1. The van der Waals surface area contributed by atoms with Crippen LogP contribution in [0, 0.1) is 0 Å². The van der Waals surface area contributed by atoms with Gasteiger partial charge in [-0.2, -0.15) is 8.42 Å². The molecule has 2 aromatic carbocycles. The highest BCUT2D eigenvalue weighted by molar-refractivity contribution is 7.79. The lowest BCUT2D eigenvalue weighted by atomic mass is 10.0. The van der Waals surface area contributed by atoms with Gasteiger partial charge in [-0.1, -0.05) is 24.3 Å². The maximum Gasteiger partial charge on any atom is 0.394 e. The van der Waals surface area contributed by atoms with Gasteiger partial charge in [-0.15, -0.1) is 0 Å². The quantitative estimate of drug-likeness (QED) is 0.459. The second kappa shape index (κ2) is 5.65. The minimum atomic E-state index is -4.67. The molecule has 0 saturated heterocycles. The number of nitrogens with two attached hydrogens (primary N) is 1. The van der Waals surface area contributed by atoms with E-state index in [4.69, 9.17) is 28.4 Å². The molecule has 19 heavy (non-hydrogen) atoms. The van der Waals surface area contributed by atoms with E-state index in [-0.39, 0.29) is 5.56 Å². The average molecular weight is 285 g/mol. The van der Waals surface area contributed by atoms with Crippen molar-refractivity contribution in [1.29, 1.82) is 0 Å². The van der Waals surface area contributed by atoms with Gasteiger partial charge in [-0.25, -0.2) is 4.79 Å². The number of fused-ring (bicyclic) bond motifs is 1. The normalized spacial score (nSPS) is 10.6. The van der Waals surface area contributed by atoms with Gasteiger partial charge in [-0.3, -0.25) is 9.11 Å². The van der Waals surface area contributed by atoms with Crippen LogP contribution in [0.1, 0.15) is 10.4 Å². The number of anilines is 1. The lowest BCUT2D eigenvalue weighted by molar-refractivity contribution is 0.0699. The standard InChI is InChI=1S/C11H9NO2.H2O4S/c12-8-5-7-3-1-2-4-9(7)10(6-8)11(13)14;1-5(2,3)4/h1-6H,12H2,(H,13,14);(H2,1,2,3,4). The van der Waals surface area contributed by atoms with Crippen molar-refractivity contribution in [3.8, 4) is 0 Å². The zero-order valence-electron chi connectivity index (χ0n) is 9.52. The van der Waals surface area contributed by atoms with Crippen molar-refractivity contribution in [1.82, 2.24) is 0 Å². The van der Waals surface area contributed by atoms with Crippen LogP contribution in [0.3, 0.4) is 0 Å². The van der Waals surface area contributed by atoms with Gasteiger partial charge >= 0.3 is 16.4 Å². The Morgan fingerprint density at radius 2 is 1.63 bits per heavy atom. The third-order valence-corrected chi connectivity index (χ3v) is 2.11. The van der Waals surface area contributed by atoms with Crippen LogP contribution in [0.25, 0.3) is 10.8 Å². The summed E-state index contributed by atoms with van der Waals surface area (Å²) in [4.78, 5) is 10.9. The van der Waals surface area contributed by atoms with Crippen molar-refractivity contribution in [3.63, 3.8) is 0 Å². The summed E-state index contributed by atoms with van der Waals surface area (Å²) in [6, 6.07) is 10.5. The maximum atomic E-state index is 10.9. The van der Waals surface area contributed by atoms with Crippen LogP contribution >= 0.6 is 0 Å². The van der Waals surface area contributed by atoms with Crippen molar-refractivity contribution in [2.24, 2.45) is 0 Å². The van der Waals surface area contributed by atoms with Gasteiger partial charge in [0.2, 0.25) is 0 Å². The Bertz CT molecular complexity index is 702. The molecular formula is C11H11NO6S. The lowest BCUT2D eigenvalue weighted by Crippen LogP contribution is -1.99. The lowest BCUT2D eigenvalue weighted by Gasteiger charge is -2.03. The number of benzene rings is 2. The van der Waals surface area contributed by atoms with Crippen LogP contribution in [0.5, 0.6) is 0 Å². The summed E-state index contributed by atoms with van der Waals surface area (Å²) < 4.78 is 31.6. The third kappa shape index (κ3) is 4.92. The molecule has 0 atom stereocenters. The summed E-state index contributed by atoms with van der Waals surface area (Å²) in [7, 11) is -4.67. The molecule has 0 bridgehead atoms. The van der Waals surface area contributed by atoms with Gasteiger partial charge in [0.15, 0.2) is 0 Å². The monoisotopic (exact) mass is 285 g/mol. The number of hydrogen-bond donors (Lipinski definition) is 4. The van der Waals surface area contributed by atoms with Crippen molar-refractivity contribution >= 4 is 32.8 Å². The molecule has 7 nitrogen and oxygen atoms in total. The Morgan fingerprint density at radius 3 is 2.16 bits per heavy atom. The predicted molar refractivity (Wildman–Crippen MR) is 69.5 cm³/mol. The van der Waals surface area contributed by atoms with Gasteiger partial charge < -0.3 is 10.8 Å². The van der Waals surface area contributed by atoms with Crippen LogP contribution < -0.4 is 5.73 Å². The summed E-state index contributed by atoms with van der Waals surface area (Å²) in [6.45, 7) is 0. The predicted octanol–water partition coefficient (Wildman–Crippen LogP) is 1.47. The number of nitrogen functional groups attached to an aromatic ring is 1. The number of hydrogen-bond acceptors (Lipinski definition) is 4. The highest BCUT2D eigenvalue weighted by atomic mass is 32.3. The van der Waals surface area contributed by atoms with Crippen molar-refractivity contribution in [2.75, 3.05) is 5.73 Å². The van der Waals surface area contributed by atoms with E-state index >= 15 is 0 Å². The molecule has 0 aliphatic carbocycles. The third-order valence-electron chi connectivity index (χ3n) is 2.11. The largest absolute Gasteiger partial charge is 0.478 e. The number of aromatic carboxylic acids is 1. The summed E-state index contributed by atoms with van der Waals surface area (Å²) in [5.41, 5.74) is 6.32. The van der Waals surface area contributed by atoms with Crippen molar-refractivity contribution < 1.29 is 27.4 Å². The van der Waals surface area contributed by atoms with Gasteiger partial charge in [-0.05, 0) is 22.9 Å². The van der Waals surface area contributed by atoms with E-state index in [0.717, 1.165) is 5.39 Å². The molecular weight excluding hydrogens is 274 g/mol. The molecule has 0 heterocycles. The first-order chi connectivity index (χ1) is 8.68. The van der Waals surface area contributed by atoms with Crippen LogP contribution in [0.2, 0.25) is 0 Å². The molecule has 0 saturated carbocycles. The Hall–Kier alpha value is -2.16. The number of carboxylic acids is 1. The molecule has 2 aromatic rings. The number of carboxylic acid groups (broad SMARTS) is 1. The molecule has 8 heteroatoms. The summed E-state index contributed by atoms with van der Waals surface area (Å²) in [5, 5.41) is 10.5. The molecule has 2 rings (SSSR count). The summed E-state index contributed by atoms with van der Waals surface area (Å²) in [5.74, 6) is -0.950. The first-order valence-corrected chi connectivity index (χ1v) is 6.29. The number of carbonyl (C=O) groups is 1. The molecule has 0 aliphatic heterocycles. The Kier molecular flexibility index (Phi) is 4.43. The topological polar surface area (TPSA) is 138 Å². The fourth-order valence-corrected chi connectivity index (χ4v) is 1.51. The Labute approximate surface area is 108 Å². The summed E-state index contributed by atoms with van der Waals surface area (Å²) in [6.07, 6.45) is 0. The molecule has 0 unspecified atom stereocenters. The molecule has 0 fully saturated rings. The average Bonchev–Trinajstić information content (AvgIpc) is 2.25. The van der Waals surface area contributed by atoms with E-state index in [2.05, 4.69) is 0 Å². The van der Waals surface area contributed by atoms with Crippen LogP contribution in [-0.2, 0) is 10.4 Å². The highest BCUT2D eigenvalue weighted by Gasteiger charge is 2.08. The van der Waals surface area contributed by atoms with Crippen molar-refractivity contribution in [2.45, 2.75) is 0 Å². The second-order valence-corrected chi connectivity index (χ2v) is 4.44. The van der Waals surface area contributed by atoms with Crippen LogP contribution in [0.4, 0.5) is 5.69 Å².